The number of nitro groups is 1. The first-order valence-corrected chi connectivity index (χ1v) is 12.3. The number of methoxy groups -OCH3 is 1. The molecule has 0 aliphatic carbocycles. The Morgan fingerprint density at radius 1 is 1.03 bits per heavy atom. The molecule has 0 saturated carbocycles. The van der Waals surface area contributed by atoms with Gasteiger partial charge < -0.3 is 18.9 Å². The molecule has 0 bridgehead atoms. The number of ether oxygens (including phenoxy) is 4. The zero-order chi connectivity index (χ0) is 27.5. The number of rotatable bonds is 13. The molecule has 1 atom stereocenters. The molecule has 0 aromatic heterocycles. The van der Waals surface area contributed by atoms with Crippen LogP contribution in [0.15, 0.2) is 83.9 Å². The van der Waals surface area contributed by atoms with Gasteiger partial charge in [-0.2, -0.15) is 0 Å². The minimum absolute atomic E-state index is 0.0183. The first-order valence-electron chi connectivity index (χ1n) is 11.5. The lowest BCUT2D eigenvalue weighted by molar-refractivity contribution is -0.385. The molecule has 0 heterocycles. The quantitative estimate of drug-likeness (QED) is 0.111. The molecule has 3 aromatic rings. The maximum absolute atomic E-state index is 13.2. The molecule has 3 aromatic carbocycles. The van der Waals surface area contributed by atoms with Gasteiger partial charge in [0.15, 0.2) is 12.4 Å². The Kier molecular flexibility index (Phi) is 10.4. The number of benzene rings is 3. The van der Waals surface area contributed by atoms with E-state index in [1.165, 1.54) is 25.3 Å². The maximum Gasteiger partial charge on any atom is 0.344 e. The van der Waals surface area contributed by atoms with Gasteiger partial charge in [0.1, 0.15) is 19.0 Å². The van der Waals surface area contributed by atoms with Crippen LogP contribution >= 0.6 is 15.9 Å². The van der Waals surface area contributed by atoms with Crippen LogP contribution in [0.4, 0.5) is 5.69 Å². The Labute approximate surface area is 228 Å². The molecule has 3 rings (SSSR count). The number of hydrogen-bond donors (Lipinski definition) is 0. The van der Waals surface area contributed by atoms with E-state index < -0.39 is 22.8 Å². The van der Waals surface area contributed by atoms with Gasteiger partial charge in [-0.3, -0.25) is 14.9 Å². The van der Waals surface area contributed by atoms with Gasteiger partial charge in [0.05, 0.1) is 18.0 Å². The van der Waals surface area contributed by atoms with Crippen LogP contribution in [0.5, 0.6) is 11.5 Å². The van der Waals surface area contributed by atoms with E-state index in [4.69, 9.17) is 18.9 Å². The predicted molar refractivity (Wildman–Crippen MR) is 143 cm³/mol. The largest absolute Gasteiger partial charge is 0.490 e. The summed E-state index contributed by atoms with van der Waals surface area (Å²) in [6, 6.07) is 18.6. The van der Waals surface area contributed by atoms with Crippen molar-refractivity contribution in [1.82, 2.24) is 0 Å². The van der Waals surface area contributed by atoms with Crippen molar-refractivity contribution in [2.45, 2.75) is 18.9 Å². The van der Waals surface area contributed by atoms with Gasteiger partial charge in [0, 0.05) is 10.5 Å². The van der Waals surface area contributed by atoms with Crippen molar-refractivity contribution in [1.29, 1.82) is 0 Å². The van der Waals surface area contributed by atoms with Gasteiger partial charge in [-0.25, -0.2) is 4.79 Å². The van der Waals surface area contributed by atoms with Crippen molar-refractivity contribution in [3.05, 3.63) is 111 Å². The molecular formula is C28H26BrNO8. The summed E-state index contributed by atoms with van der Waals surface area (Å²) in [6.07, 6.45) is 1.75. The third-order valence-electron chi connectivity index (χ3n) is 5.46. The number of nitro benzene ring substituents is 1. The summed E-state index contributed by atoms with van der Waals surface area (Å²) in [5.41, 5.74) is 1.77. The van der Waals surface area contributed by atoms with Crippen LogP contribution in [0.2, 0.25) is 0 Å². The smallest absolute Gasteiger partial charge is 0.344 e. The molecule has 0 N–H and O–H groups in total. The molecule has 0 fully saturated rings. The molecule has 38 heavy (non-hydrogen) atoms. The Balaban J connectivity index is 1.72. The van der Waals surface area contributed by atoms with Crippen molar-refractivity contribution in [3.8, 4) is 11.5 Å². The maximum atomic E-state index is 13.2. The highest BCUT2D eigenvalue weighted by Gasteiger charge is 2.26. The highest BCUT2D eigenvalue weighted by atomic mass is 79.9. The molecule has 1 unspecified atom stereocenters. The number of esters is 2. The fourth-order valence-corrected chi connectivity index (χ4v) is 3.80. The lowest BCUT2D eigenvalue weighted by Crippen LogP contribution is -2.19. The van der Waals surface area contributed by atoms with Crippen LogP contribution in [-0.2, 0) is 32.1 Å². The van der Waals surface area contributed by atoms with E-state index in [9.17, 15) is 19.7 Å². The fraction of sp³-hybridized carbons (Fsp3) is 0.214. The van der Waals surface area contributed by atoms with Crippen molar-refractivity contribution in [3.63, 3.8) is 0 Å². The molecule has 0 amide bonds. The number of nitrogens with zero attached hydrogens (tertiary/aromatic N) is 1. The van der Waals surface area contributed by atoms with Gasteiger partial charge in [-0.15, -0.1) is 0 Å². The summed E-state index contributed by atoms with van der Waals surface area (Å²) in [5.74, 6) is -1.28. The number of carbonyl (C=O) groups excluding carboxylic acids is 2. The van der Waals surface area contributed by atoms with Gasteiger partial charge in [-0.1, -0.05) is 58.9 Å². The van der Waals surface area contributed by atoms with E-state index >= 15 is 0 Å². The average molecular weight is 584 g/mol. The van der Waals surface area contributed by atoms with Gasteiger partial charge >= 0.3 is 17.6 Å². The average Bonchev–Trinajstić information content (AvgIpc) is 2.93. The van der Waals surface area contributed by atoms with E-state index in [-0.39, 0.29) is 37.7 Å². The van der Waals surface area contributed by atoms with Crippen molar-refractivity contribution in [2.75, 3.05) is 20.3 Å². The third kappa shape index (κ3) is 8.17. The Morgan fingerprint density at radius 2 is 1.71 bits per heavy atom. The molecule has 0 spiro atoms. The van der Waals surface area contributed by atoms with E-state index in [0.29, 0.717) is 16.9 Å². The van der Waals surface area contributed by atoms with Crippen molar-refractivity contribution >= 4 is 33.6 Å². The van der Waals surface area contributed by atoms with Crippen LogP contribution < -0.4 is 9.47 Å². The molecule has 198 valence electrons. The number of carbonyl (C=O) groups is 2. The van der Waals surface area contributed by atoms with E-state index in [2.05, 4.69) is 22.5 Å². The van der Waals surface area contributed by atoms with Crippen molar-refractivity contribution < 1.29 is 33.5 Å². The zero-order valence-corrected chi connectivity index (χ0v) is 22.2. The van der Waals surface area contributed by atoms with Crippen LogP contribution in [0.25, 0.3) is 0 Å². The lowest BCUT2D eigenvalue weighted by Gasteiger charge is -2.17. The lowest BCUT2D eigenvalue weighted by atomic mass is 9.91. The zero-order valence-electron chi connectivity index (χ0n) is 20.6. The third-order valence-corrected chi connectivity index (χ3v) is 5.99. The monoisotopic (exact) mass is 583 g/mol. The van der Waals surface area contributed by atoms with Crippen LogP contribution in [0, 0.1) is 10.1 Å². The minimum Gasteiger partial charge on any atom is -0.490 e. The van der Waals surface area contributed by atoms with Gasteiger partial charge in [0.2, 0.25) is 0 Å². The summed E-state index contributed by atoms with van der Waals surface area (Å²) in [6.45, 7) is 3.32. The van der Waals surface area contributed by atoms with Gasteiger partial charge in [0.25, 0.3) is 0 Å². The summed E-state index contributed by atoms with van der Waals surface area (Å²) in [5, 5.41) is 11.6. The highest BCUT2D eigenvalue weighted by molar-refractivity contribution is 9.10. The second kappa shape index (κ2) is 13.9. The Hall–Kier alpha value is -4.18. The predicted octanol–water partition coefficient (Wildman–Crippen LogP) is 5.54. The minimum atomic E-state index is -0.787. The summed E-state index contributed by atoms with van der Waals surface area (Å²) >= 11 is 3.39. The Bertz CT molecular complexity index is 1280. The van der Waals surface area contributed by atoms with Crippen molar-refractivity contribution in [2.24, 2.45) is 0 Å². The second-order valence-electron chi connectivity index (χ2n) is 8.08. The topological polar surface area (TPSA) is 114 Å². The summed E-state index contributed by atoms with van der Waals surface area (Å²) in [4.78, 5) is 35.8. The SMILES string of the molecule is C=CCOC(=O)COc1ccc(COC(=O)C(Cc2ccc(Br)cc2)c2ccc(OC)c([N+](=O)[O-])c2)cc1. The van der Waals surface area contributed by atoms with E-state index in [1.54, 1.807) is 30.3 Å². The number of halogens is 1. The molecule has 0 aliphatic heterocycles. The molecule has 0 saturated heterocycles. The normalized spacial score (nSPS) is 11.2. The molecule has 9 nitrogen and oxygen atoms in total. The first-order chi connectivity index (χ1) is 18.3. The van der Waals surface area contributed by atoms with Gasteiger partial charge in [-0.05, 0) is 53.4 Å². The number of hydrogen-bond acceptors (Lipinski definition) is 8. The summed E-state index contributed by atoms with van der Waals surface area (Å²) < 4.78 is 21.8. The second-order valence-corrected chi connectivity index (χ2v) is 9.00. The first kappa shape index (κ1) is 28.4. The van der Waals surface area contributed by atoms with Crippen LogP contribution in [0.3, 0.4) is 0 Å². The van der Waals surface area contributed by atoms with Crippen LogP contribution in [-0.4, -0.2) is 37.2 Å². The molecular weight excluding hydrogens is 558 g/mol. The standard InChI is InChI=1S/C28H26BrNO8/c1-3-14-36-27(31)18-37-23-11-6-20(7-12-23)17-38-28(32)24(15-19-4-9-22(29)10-5-19)21-8-13-26(35-2)25(16-21)30(33)34/h3-13,16,24H,1,14-15,17-18H2,2H3. The molecule has 0 aliphatic rings. The van der Waals surface area contributed by atoms with Crippen LogP contribution in [0.1, 0.15) is 22.6 Å². The molecule has 0 radical (unpaired) electrons. The van der Waals surface area contributed by atoms with E-state index in [1.807, 2.05) is 24.3 Å². The molecule has 10 heteroatoms. The Morgan fingerprint density at radius 3 is 2.34 bits per heavy atom. The highest BCUT2D eigenvalue weighted by Crippen LogP contribution is 2.33. The summed E-state index contributed by atoms with van der Waals surface area (Å²) in [7, 11) is 1.35. The fourth-order valence-electron chi connectivity index (χ4n) is 3.53. The van der Waals surface area contributed by atoms with E-state index in [0.717, 1.165) is 10.0 Å².